The van der Waals surface area contributed by atoms with Crippen LogP contribution in [0.25, 0.3) is 0 Å². The summed E-state index contributed by atoms with van der Waals surface area (Å²) >= 11 is 0. The summed E-state index contributed by atoms with van der Waals surface area (Å²) < 4.78 is 0. The first-order chi connectivity index (χ1) is 5.24. The van der Waals surface area contributed by atoms with E-state index in [1.165, 1.54) is 0 Å². The monoisotopic (exact) mass is 171 g/mol. The highest BCUT2D eigenvalue weighted by Crippen LogP contribution is 2.12. The molecule has 0 aliphatic heterocycles. The van der Waals surface area contributed by atoms with Crippen molar-refractivity contribution in [1.29, 1.82) is 0 Å². The molecule has 0 aromatic carbocycles. The fraction of sp³-hybridized carbons (Fsp3) is 0.800. The molecule has 0 radical (unpaired) electrons. The Labute approximate surface area is 75.7 Å². The molecule has 12 heavy (non-hydrogen) atoms. The molecule has 0 rings (SSSR count). The molecule has 0 aliphatic rings. The van der Waals surface area contributed by atoms with Gasteiger partial charge in [0.15, 0.2) is 0 Å². The van der Waals surface area contributed by atoms with Gasteiger partial charge in [0, 0.05) is 5.54 Å². The standard InChI is InChI=1S/C10H21NO/c1-7(2)9(8(3)12)11-10(4,5)6/h7,9,11-12H,3H2,1-2,4-6H3. The molecule has 0 bridgehead atoms. The third kappa shape index (κ3) is 4.39. The summed E-state index contributed by atoms with van der Waals surface area (Å²) in [5.74, 6) is 0.585. The van der Waals surface area contributed by atoms with Crippen LogP contribution in [-0.2, 0) is 0 Å². The molecule has 0 fully saturated rings. The van der Waals surface area contributed by atoms with Gasteiger partial charge in [-0.05, 0) is 26.7 Å². The average molecular weight is 171 g/mol. The summed E-state index contributed by atoms with van der Waals surface area (Å²) in [5, 5.41) is 12.6. The van der Waals surface area contributed by atoms with Crippen molar-refractivity contribution < 1.29 is 5.11 Å². The maximum atomic E-state index is 9.29. The SMILES string of the molecule is C=C(O)C(NC(C)(C)C)C(C)C. The van der Waals surface area contributed by atoms with Crippen molar-refractivity contribution in [2.24, 2.45) is 5.92 Å². The quantitative estimate of drug-likeness (QED) is 0.639. The van der Waals surface area contributed by atoms with E-state index >= 15 is 0 Å². The molecular formula is C10H21NO. The summed E-state index contributed by atoms with van der Waals surface area (Å²) in [6.45, 7) is 13.9. The third-order valence-electron chi connectivity index (χ3n) is 1.61. The zero-order chi connectivity index (χ0) is 9.94. The van der Waals surface area contributed by atoms with E-state index in [0.717, 1.165) is 0 Å². The first-order valence-electron chi connectivity index (χ1n) is 4.39. The van der Waals surface area contributed by atoms with Gasteiger partial charge in [-0.25, -0.2) is 0 Å². The van der Waals surface area contributed by atoms with E-state index < -0.39 is 0 Å². The Bertz CT molecular complexity index is 156. The van der Waals surface area contributed by atoms with Crippen LogP contribution in [0.4, 0.5) is 0 Å². The summed E-state index contributed by atoms with van der Waals surface area (Å²) in [7, 11) is 0. The number of hydrogen-bond acceptors (Lipinski definition) is 2. The van der Waals surface area contributed by atoms with Gasteiger partial charge in [-0.2, -0.15) is 0 Å². The zero-order valence-electron chi connectivity index (χ0n) is 8.81. The lowest BCUT2D eigenvalue weighted by atomic mass is 9.98. The maximum absolute atomic E-state index is 9.29. The van der Waals surface area contributed by atoms with Gasteiger partial charge in [-0.15, -0.1) is 0 Å². The van der Waals surface area contributed by atoms with Gasteiger partial charge in [-0.1, -0.05) is 20.4 Å². The van der Waals surface area contributed by atoms with Crippen LogP contribution in [0.5, 0.6) is 0 Å². The Morgan fingerprint density at radius 2 is 1.75 bits per heavy atom. The third-order valence-corrected chi connectivity index (χ3v) is 1.61. The highest BCUT2D eigenvalue weighted by Gasteiger charge is 2.21. The van der Waals surface area contributed by atoms with E-state index in [9.17, 15) is 5.11 Å². The van der Waals surface area contributed by atoms with Crippen molar-refractivity contribution in [1.82, 2.24) is 5.32 Å². The summed E-state index contributed by atoms with van der Waals surface area (Å²) in [5.41, 5.74) is 0.0145. The predicted octanol–water partition coefficient (Wildman–Crippen LogP) is 2.47. The Hall–Kier alpha value is -0.500. The van der Waals surface area contributed by atoms with E-state index in [0.29, 0.717) is 5.92 Å². The second kappa shape index (κ2) is 3.94. The van der Waals surface area contributed by atoms with Gasteiger partial charge in [0.2, 0.25) is 0 Å². The molecule has 1 unspecified atom stereocenters. The number of aliphatic hydroxyl groups excluding tert-OH is 1. The molecule has 0 aromatic heterocycles. The second-order valence-electron chi connectivity index (χ2n) is 4.61. The smallest absolute Gasteiger partial charge is 0.102 e. The fourth-order valence-electron chi connectivity index (χ4n) is 1.10. The minimum Gasteiger partial charge on any atom is -0.511 e. The lowest BCUT2D eigenvalue weighted by Crippen LogP contribution is -2.47. The molecule has 0 saturated carbocycles. The highest BCUT2D eigenvalue weighted by molar-refractivity contribution is 4.98. The molecule has 2 heteroatoms. The molecule has 0 heterocycles. The number of nitrogens with one attached hydrogen (secondary N) is 1. The minimum absolute atomic E-state index is 0.00926. The van der Waals surface area contributed by atoms with Crippen LogP contribution in [-0.4, -0.2) is 16.7 Å². The summed E-state index contributed by atoms with van der Waals surface area (Å²) in [6.07, 6.45) is 0. The number of rotatable bonds is 3. The molecular weight excluding hydrogens is 150 g/mol. The van der Waals surface area contributed by atoms with Crippen LogP contribution in [0, 0.1) is 5.92 Å². The molecule has 2 nitrogen and oxygen atoms in total. The van der Waals surface area contributed by atoms with Crippen LogP contribution >= 0.6 is 0 Å². The first kappa shape index (κ1) is 11.5. The molecule has 1 atom stereocenters. The Morgan fingerprint density at radius 1 is 1.33 bits per heavy atom. The fourth-order valence-corrected chi connectivity index (χ4v) is 1.10. The summed E-state index contributed by atoms with van der Waals surface area (Å²) in [4.78, 5) is 0. The molecule has 0 spiro atoms. The van der Waals surface area contributed by atoms with E-state index in [1.54, 1.807) is 0 Å². The zero-order valence-corrected chi connectivity index (χ0v) is 8.81. The molecule has 0 saturated heterocycles. The topological polar surface area (TPSA) is 32.3 Å². The van der Waals surface area contributed by atoms with Gasteiger partial charge in [-0.3, -0.25) is 0 Å². The van der Waals surface area contributed by atoms with Gasteiger partial charge in [0.25, 0.3) is 0 Å². The van der Waals surface area contributed by atoms with Gasteiger partial charge in [0.05, 0.1) is 6.04 Å². The van der Waals surface area contributed by atoms with E-state index in [1.807, 2.05) is 0 Å². The van der Waals surface area contributed by atoms with Crippen LogP contribution in [0.1, 0.15) is 34.6 Å². The van der Waals surface area contributed by atoms with Crippen molar-refractivity contribution in [2.75, 3.05) is 0 Å². The van der Waals surface area contributed by atoms with E-state index in [2.05, 4.69) is 46.5 Å². The van der Waals surface area contributed by atoms with Crippen molar-refractivity contribution in [2.45, 2.75) is 46.2 Å². The number of hydrogen-bond donors (Lipinski definition) is 2. The molecule has 2 N–H and O–H groups in total. The van der Waals surface area contributed by atoms with Gasteiger partial charge < -0.3 is 10.4 Å². The molecule has 0 aromatic rings. The Kier molecular flexibility index (Phi) is 3.78. The Balaban J connectivity index is 4.25. The predicted molar refractivity (Wildman–Crippen MR) is 53.3 cm³/mol. The van der Waals surface area contributed by atoms with Crippen LogP contribution in [0.2, 0.25) is 0 Å². The van der Waals surface area contributed by atoms with Crippen molar-refractivity contribution >= 4 is 0 Å². The van der Waals surface area contributed by atoms with E-state index in [-0.39, 0.29) is 17.3 Å². The van der Waals surface area contributed by atoms with Crippen molar-refractivity contribution in [3.05, 3.63) is 12.3 Å². The number of aliphatic hydroxyl groups is 1. The molecule has 0 aliphatic carbocycles. The summed E-state index contributed by atoms with van der Waals surface area (Å²) in [6, 6.07) is -0.00926. The second-order valence-corrected chi connectivity index (χ2v) is 4.61. The van der Waals surface area contributed by atoms with Crippen LogP contribution in [0.15, 0.2) is 12.3 Å². The van der Waals surface area contributed by atoms with Crippen LogP contribution < -0.4 is 5.32 Å². The average Bonchev–Trinajstić information content (AvgIpc) is 1.79. The van der Waals surface area contributed by atoms with Gasteiger partial charge in [0.1, 0.15) is 5.76 Å². The molecule has 0 amide bonds. The normalized spacial score (nSPS) is 14.8. The highest BCUT2D eigenvalue weighted by atomic mass is 16.3. The molecule has 72 valence electrons. The first-order valence-corrected chi connectivity index (χ1v) is 4.39. The lowest BCUT2D eigenvalue weighted by molar-refractivity contribution is 0.255. The minimum atomic E-state index is -0.00926. The van der Waals surface area contributed by atoms with Crippen molar-refractivity contribution in [3.63, 3.8) is 0 Å². The van der Waals surface area contributed by atoms with Gasteiger partial charge >= 0.3 is 0 Å². The maximum Gasteiger partial charge on any atom is 0.102 e. The lowest BCUT2D eigenvalue weighted by Gasteiger charge is -2.30. The van der Waals surface area contributed by atoms with E-state index in [4.69, 9.17) is 0 Å². The Morgan fingerprint density at radius 3 is 1.83 bits per heavy atom. The van der Waals surface area contributed by atoms with Crippen LogP contribution in [0.3, 0.4) is 0 Å². The van der Waals surface area contributed by atoms with Crippen molar-refractivity contribution in [3.8, 4) is 0 Å². The largest absolute Gasteiger partial charge is 0.511 e.